The summed E-state index contributed by atoms with van der Waals surface area (Å²) in [6.07, 6.45) is 2.27. The summed E-state index contributed by atoms with van der Waals surface area (Å²) in [5.74, 6) is 0.585. The lowest BCUT2D eigenvalue weighted by molar-refractivity contribution is 0.402. The fraction of sp³-hybridized carbons (Fsp3) is 0.214. The summed E-state index contributed by atoms with van der Waals surface area (Å²) in [7, 11) is -2.28. The molecule has 0 spiro atoms. The molecule has 1 heterocycles. The number of sulfonamides is 1. The van der Waals surface area contributed by atoms with Gasteiger partial charge in [-0.05, 0) is 36.2 Å². The van der Waals surface area contributed by atoms with Crippen molar-refractivity contribution in [1.82, 2.24) is 4.98 Å². The van der Waals surface area contributed by atoms with Crippen molar-refractivity contribution in [1.29, 1.82) is 0 Å². The third-order valence-electron chi connectivity index (χ3n) is 2.83. The van der Waals surface area contributed by atoms with Crippen LogP contribution < -0.4 is 9.46 Å². The molecule has 0 aliphatic heterocycles. The number of hydrogen-bond donors (Lipinski definition) is 1. The highest BCUT2D eigenvalue weighted by Crippen LogP contribution is 2.26. The van der Waals surface area contributed by atoms with Crippen LogP contribution in [0.2, 0.25) is 0 Å². The molecule has 2 aromatic rings. The van der Waals surface area contributed by atoms with Crippen LogP contribution in [0.25, 0.3) is 0 Å². The molecule has 0 amide bonds. The second kappa shape index (κ2) is 5.92. The maximum Gasteiger partial charge on any atom is 0.266 e. The van der Waals surface area contributed by atoms with Gasteiger partial charge in [-0.1, -0.05) is 19.1 Å². The Labute approximate surface area is 118 Å². The number of aryl methyl sites for hydroxylation is 1. The highest BCUT2D eigenvalue weighted by Gasteiger charge is 2.20. The summed E-state index contributed by atoms with van der Waals surface area (Å²) in [6.45, 7) is 1.96. The van der Waals surface area contributed by atoms with Crippen molar-refractivity contribution in [2.75, 3.05) is 11.8 Å². The average molecular weight is 292 g/mol. The second-order valence-electron chi connectivity index (χ2n) is 4.16. The number of pyridine rings is 1. The number of hydrogen-bond acceptors (Lipinski definition) is 4. The van der Waals surface area contributed by atoms with E-state index in [0.717, 1.165) is 12.0 Å². The van der Waals surface area contributed by atoms with E-state index < -0.39 is 10.0 Å². The largest absolute Gasteiger partial charge is 0.495 e. The number of ether oxygens (including phenoxy) is 1. The third-order valence-corrected chi connectivity index (χ3v) is 4.21. The number of aromatic nitrogens is 1. The summed E-state index contributed by atoms with van der Waals surface area (Å²) in [5, 5.41) is 0. The van der Waals surface area contributed by atoms with Crippen LogP contribution in [0.4, 0.5) is 5.82 Å². The Hall–Kier alpha value is -2.08. The van der Waals surface area contributed by atoms with E-state index in [4.69, 9.17) is 4.74 Å². The minimum Gasteiger partial charge on any atom is -0.495 e. The molecule has 0 aliphatic rings. The fourth-order valence-corrected chi connectivity index (χ4v) is 3.00. The van der Waals surface area contributed by atoms with Crippen LogP contribution >= 0.6 is 0 Å². The molecule has 20 heavy (non-hydrogen) atoms. The minimum absolute atomic E-state index is 0.116. The Morgan fingerprint density at radius 3 is 2.65 bits per heavy atom. The van der Waals surface area contributed by atoms with Gasteiger partial charge in [0.1, 0.15) is 16.5 Å². The topological polar surface area (TPSA) is 68.3 Å². The maximum atomic E-state index is 12.4. The van der Waals surface area contributed by atoms with Gasteiger partial charge >= 0.3 is 0 Å². The van der Waals surface area contributed by atoms with Gasteiger partial charge in [-0.15, -0.1) is 0 Å². The standard InChI is InChI=1S/C14H16N2O3S/c1-3-11-7-8-12(19-2)13(10-11)20(17,18)16-14-6-4-5-9-15-14/h4-10H,3H2,1-2H3,(H,15,16). The molecule has 0 bridgehead atoms. The van der Waals surface area contributed by atoms with Crippen molar-refractivity contribution < 1.29 is 13.2 Å². The molecule has 0 unspecified atom stereocenters. The van der Waals surface area contributed by atoms with Gasteiger partial charge in [0.15, 0.2) is 0 Å². The van der Waals surface area contributed by atoms with Crippen molar-refractivity contribution >= 4 is 15.8 Å². The first-order valence-corrected chi connectivity index (χ1v) is 7.66. The molecule has 0 atom stereocenters. The number of rotatable bonds is 5. The van der Waals surface area contributed by atoms with Crippen molar-refractivity contribution in [3.63, 3.8) is 0 Å². The predicted molar refractivity (Wildman–Crippen MR) is 77.4 cm³/mol. The molecule has 0 saturated heterocycles. The number of benzene rings is 1. The lowest BCUT2D eigenvalue weighted by atomic mass is 10.2. The lowest BCUT2D eigenvalue weighted by Gasteiger charge is -2.12. The first-order valence-electron chi connectivity index (χ1n) is 6.17. The molecule has 1 aromatic heterocycles. The molecule has 0 fully saturated rings. The summed E-state index contributed by atoms with van der Waals surface area (Å²) in [5.41, 5.74) is 0.923. The van der Waals surface area contributed by atoms with E-state index >= 15 is 0 Å². The van der Waals surface area contributed by atoms with E-state index in [1.807, 2.05) is 13.0 Å². The van der Waals surface area contributed by atoms with Gasteiger partial charge in [0, 0.05) is 6.20 Å². The average Bonchev–Trinajstić information content (AvgIpc) is 2.47. The summed E-state index contributed by atoms with van der Waals surface area (Å²) in [6, 6.07) is 10.1. The number of nitrogens with zero attached hydrogens (tertiary/aromatic N) is 1. The molecule has 0 saturated carbocycles. The second-order valence-corrected chi connectivity index (χ2v) is 5.81. The zero-order valence-corrected chi connectivity index (χ0v) is 12.1. The Morgan fingerprint density at radius 2 is 2.05 bits per heavy atom. The molecule has 6 heteroatoms. The van der Waals surface area contributed by atoms with Crippen molar-refractivity contribution in [2.45, 2.75) is 18.2 Å². The van der Waals surface area contributed by atoms with Gasteiger partial charge in [0.2, 0.25) is 0 Å². The molecule has 0 radical (unpaired) electrons. The SMILES string of the molecule is CCc1ccc(OC)c(S(=O)(=O)Nc2ccccn2)c1. The van der Waals surface area contributed by atoms with Gasteiger partial charge in [-0.25, -0.2) is 13.4 Å². The van der Waals surface area contributed by atoms with Crippen LogP contribution in [-0.4, -0.2) is 20.5 Å². The summed E-state index contributed by atoms with van der Waals surface area (Å²) in [4.78, 5) is 4.07. The van der Waals surface area contributed by atoms with E-state index in [9.17, 15) is 8.42 Å². The van der Waals surface area contributed by atoms with Gasteiger partial charge in [-0.3, -0.25) is 4.72 Å². The van der Waals surface area contributed by atoms with Gasteiger partial charge in [0.05, 0.1) is 7.11 Å². The number of methoxy groups -OCH3 is 1. The first kappa shape index (κ1) is 14.3. The van der Waals surface area contributed by atoms with Crippen LogP contribution in [0.5, 0.6) is 5.75 Å². The number of anilines is 1. The van der Waals surface area contributed by atoms with E-state index in [2.05, 4.69) is 9.71 Å². The Kier molecular flexibility index (Phi) is 4.24. The Balaban J connectivity index is 2.43. The van der Waals surface area contributed by atoms with Crippen LogP contribution in [0.15, 0.2) is 47.5 Å². The normalized spacial score (nSPS) is 11.1. The zero-order valence-electron chi connectivity index (χ0n) is 11.3. The molecule has 5 nitrogen and oxygen atoms in total. The third kappa shape index (κ3) is 3.08. The van der Waals surface area contributed by atoms with Crippen LogP contribution in [0.3, 0.4) is 0 Å². The van der Waals surface area contributed by atoms with Crippen LogP contribution in [0.1, 0.15) is 12.5 Å². The smallest absolute Gasteiger partial charge is 0.266 e. The molecular weight excluding hydrogens is 276 g/mol. The Bertz CT molecular complexity index is 685. The maximum absolute atomic E-state index is 12.4. The predicted octanol–water partition coefficient (Wildman–Crippen LogP) is 2.45. The molecule has 0 aliphatic carbocycles. The van der Waals surface area contributed by atoms with E-state index in [1.54, 1.807) is 30.3 Å². The highest BCUT2D eigenvalue weighted by molar-refractivity contribution is 7.92. The molecule has 106 valence electrons. The first-order chi connectivity index (χ1) is 9.56. The van der Waals surface area contributed by atoms with Crippen molar-refractivity contribution in [3.05, 3.63) is 48.2 Å². The van der Waals surface area contributed by atoms with Gasteiger partial charge in [0.25, 0.3) is 10.0 Å². The fourth-order valence-electron chi connectivity index (χ4n) is 1.77. The van der Waals surface area contributed by atoms with E-state index in [1.165, 1.54) is 13.3 Å². The molecule has 2 rings (SSSR count). The highest BCUT2D eigenvalue weighted by atomic mass is 32.2. The molecule has 1 aromatic carbocycles. The number of nitrogens with one attached hydrogen (secondary N) is 1. The monoisotopic (exact) mass is 292 g/mol. The summed E-state index contributed by atoms with van der Waals surface area (Å²) < 4.78 is 32.4. The lowest BCUT2D eigenvalue weighted by Crippen LogP contribution is -2.15. The quantitative estimate of drug-likeness (QED) is 0.919. The zero-order chi connectivity index (χ0) is 14.6. The van der Waals surface area contributed by atoms with Crippen LogP contribution in [-0.2, 0) is 16.4 Å². The van der Waals surface area contributed by atoms with Crippen molar-refractivity contribution in [2.24, 2.45) is 0 Å². The Morgan fingerprint density at radius 1 is 1.25 bits per heavy atom. The van der Waals surface area contributed by atoms with E-state index in [0.29, 0.717) is 5.75 Å². The van der Waals surface area contributed by atoms with Gasteiger partial charge < -0.3 is 4.74 Å². The molecular formula is C14H16N2O3S. The molecule has 1 N–H and O–H groups in total. The minimum atomic E-state index is -3.73. The summed E-state index contributed by atoms with van der Waals surface area (Å²) >= 11 is 0. The van der Waals surface area contributed by atoms with Crippen molar-refractivity contribution in [3.8, 4) is 5.75 Å². The van der Waals surface area contributed by atoms with Crippen LogP contribution in [0, 0.1) is 0 Å². The van der Waals surface area contributed by atoms with Gasteiger partial charge in [-0.2, -0.15) is 0 Å². The van der Waals surface area contributed by atoms with E-state index in [-0.39, 0.29) is 10.7 Å².